The molecule has 1 fully saturated rings. The highest BCUT2D eigenvalue weighted by Gasteiger charge is 2.27. The fourth-order valence-corrected chi connectivity index (χ4v) is 4.68. The Morgan fingerprint density at radius 3 is 2.60 bits per heavy atom. The smallest absolute Gasteiger partial charge is 0.258 e. The molecule has 3 rings (SSSR count). The van der Waals surface area contributed by atoms with Gasteiger partial charge in [0.2, 0.25) is 10.0 Å². The molecule has 8 heteroatoms. The van der Waals surface area contributed by atoms with Gasteiger partial charge in [-0.3, -0.25) is 9.10 Å². The van der Waals surface area contributed by atoms with Crippen molar-refractivity contribution in [3.63, 3.8) is 0 Å². The Bertz CT molecular complexity index is 918. The normalized spacial score (nSPS) is 16.5. The number of carbonyl (C=O) groups is 1. The van der Waals surface area contributed by atoms with Crippen molar-refractivity contribution in [2.45, 2.75) is 12.8 Å². The SMILES string of the molecule is O=C(Nc1ccc(N2CCCCS2(=O)=O)c(Cl)c1)c1ccccc1F. The Kier molecular flexibility index (Phi) is 4.96. The van der Waals surface area contributed by atoms with E-state index in [2.05, 4.69) is 5.32 Å². The van der Waals surface area contributed by atoms with Gasteiger partial charge < -0.3 is 5.32 Å². The maximum Gasteiger partial charge on any atom is 0.258 e. The Morgan fingerprint density at radius 2 is 1.92 bits per heavy atom. The number of hydrogen-bond acceptors (Lipinski definition) is 3. The minimum atomic E-state index is -3.37. The van der Waals surface area contributed by atoms with Gasteiger partial charge in [-0.1, -0.05) is 23.7 Å². The van der Waals surface area contributed by atoms with Crippen LogP contribution in [0.2, 0.25) is 5.02 Å². The second-order valence-electron chi connectivity index (χ2n) is 5.70. The summed E-state index contributed by atoms with van der Waals surface area (Å²) in [4.78, 5) is 12.1. The van der Waals surface area contributed by atoms with Crippen molar-refractivity contribution in [3.05, 3.63) is 58.9 Å². The van der Waals surface area contributed by atoms with Crippen LogP contribution in [0.1, 0.15) is 23.2 Å². The second-order valence-corrected chi connectivity index (χ2v) is 8.12. The summed E-state index contributed by atoms with van der Waals surface area (Å²) < 4.78 is 39.3. The molecule has 1 aliphatic rings. The summed E-state index contributed by atoms with van der Waals surface area (Å²) in [5, 5.41) is 2.76. The number of nitrogens with one attached hydrogen (secondary N) is 1. The molecule has 1 heterocycles. The van der Waals surface area contributed by atoms with E-state index in [1.165, 1.54) is 28.6 Å². The van der Waals surface area contributed by atoms with Crippen molar-refractivity contribution < 1.29 is 17.6 Å². The van der Waals surface area contributed by atoms with Crippen LogP contribution in [-0.2, 0) is 10.0 Å². The summed E-state index contributed by atoms with van der Waals surface area (Å²) in [6, 6.07) is 10.2. The fourth-order valence-electron chi connectivity index (χ4n) is 2.69. The number of nitrogens with zero attached hydrogens (tertiary/aromatic N) is 1. The van der Waals surface area contributed by atoms with Crippen LogP contribution < -0.4 is 9.62 Å². The van der Waals surface area contributed by atoms with E-state index in [9.17, 15) is 17.6 Å². The van der Waals surface area contributed by atoms with Crippen LogP contribution in [0.4, 0.5) is 15.8 Å². The van der Waals surface area contributed by atoms with E-state index in [0.717, 1.165) is 6.42 Å². The van der Waals surface area contributed by atoms with Gasteiger partial charge in [-0.05, 0) is 43.2 Å². The zero-order chi connectivity index (χ0) is 18.0. The molecule has 0 saturated carbocycles. The van der Waals surface area contributed by atoms with Crippen molar-refractivity contribution >= 4 is 38.9 Å². The molecule has 0 aliphatic carbocycles. The minimum Gasteiger partial charge on any atom is -0.322 e. The molecule has 2 aromatic rings. The first-order valence-corrected chi connectivity index (χ1v) is 9.73. The van der Waals surface area contributed by atoms with E-state index in [1.54, 1.807) is 18.2 Å². The summed E-state index contributed by atoms with van der Waals surface area (Å²) in [6.07, 6.45) is 1.40. The highest BCUT2D eigenvalue weighted by Crippen LogP contribution is 2.33. The van der Waals surface area contributed by atoms with Crippen molar-refractivity contribution in [1.82, 2.24) is 0 Å². The molecule has 0 aromatic heterocycles. The highest BCUT2D eigenvalue weighted by atomic mass is 35.5. The Labute approximate surface area is 150 Å². The van der Waals surface area contributed by atoms with E-state index in [1.807, 2.05) is 0 Å². The summed E-state index contributed by atoms with van der Waals surface area (Å²) in [6.45, 7) is 0.378. The molecular formula is C17H16ClFN2O3S. The molecule has 0 spiro atoms. The van der Waals surface area contributed by atoms with Gasteiger partial charge in [0.1, 0.15) is 5.82 Å². The van der Waals surface area contributed by atoms with E-state index < -0.39 is 21.7 Å². The molecule has 0 atom stereocenters. The first-order valence-electron chi connectivity index (χ1n) is 7.74. The maximum atomic E-state index is 13.7. The lowest BCUT2D eigenvalue weighted by molar-refractivity contribution is 0.102. The summed E-state index contributed by atoms with van der Waals surface area (Å²) in [5.74, 6) is -1.13. The maximum absolute atomic E-state index is 13.7. The number of sulfonamides is 1. The van der Waals surface area contributed by atoms with Crippen LogP contribution >= 0.6 is 11.6 Å². The molecule has 132 valence electrons. The standard InChI is InChI=1S/C17H16ClFN2O3S/c18-14-11-12(20-17(22)13-5-1-2-6-15(13)19)7-8-16(14)21-9-3-4-10-25(21,23)24/h1-2,5-8,11H,3-4,9-10H2,(H,20,22). The average Bonchev–Trinajstić information content (AvgIpc) is 2.56. The topological polar surface area (TPSA) is 66.5 Å². The van der Waals surface area contributed by atoms with Gasteiger partial charge in [0.05, 0.1) is 22.0 Å². The molecule has 0 unspecified atom stereocenters. The van der Waals surface area contributed by atoms with E-state index in [4.69, 9.17) is 11.6 Å². The van der Waals surface area contributed by atoms with Crippen LogP contribution in [0.25, 0.3) is 0 Å². The third-order valence-corrected chi connectivity index (χ3v) is 6.10. The minimum absolute atomic E-state index is 0.0821. The molecule has 1 aliphatic heterocycles. The van der Waals surface area contributed by atoms with Crippen molar-refractivity contribution in [3.8, 4) is 0 Å². The third kappa shape index (κ3) is 3.77. The number of halogens is 2. The largest absolute Gasteiger partial charge is 0.322 e. The lowest BCUT2D eigenvalue weighted by atomic mass is 10.2. The fraction of sp³-hybridized carbons (Fsp3) is 0.235. The van der Waals surface area contributed by atoms with Crippen LogP contribution in [0.5, 0.6) is 0 Å². The Balaban J connectivity index is 1.83. The molecule has 0 radical (unpaired) electrons. The summed E-state index contributed by atoms with van der Waals surface area (Å²) in [7, 11) is -3.37. The van der Waals surface area contributed by atoms with Gasteiger partial charge in [0, 0.05) is 12.2 Å². The van der Waals surface area contributed by atoms with Gasteiger partial charge in [-0.2, -0.15) is 0 Å². The monoisotopic (exact) mass is 382 g/mol. The first kappa shape index (κ1) is 17.7. The molecule has 1 amide bonds. The molecule has 0 bridgehead atoms. The Hall–Kier alpha value is -2.12. The van der Waals surface area contributed by atoms with E-state index in [0.29, 0.717) is 24.3 Å². The molecule has 5 nitrogen and oxygen atoms in total. The first-order chi connectivity index (χ1) is 11.9. The predicted molar refractivity (Wildman–Crippen MR) is 96.2 cm³/mol. The van der Waals surface area contributed by atoms with Gasteiger partial charge in [-0.15, -0.1) is 0 Å². The van der Waals surface area contributed by atoms with Crippen LogP contribution in [0, 0.1) is 5.82 Å². The van der Waals surface area contributed by atoms with Gasteiger partial charge in [0.25, 0.3) is 5.91 Å². The molecule has 1 N–H and O–H groups in total. The zero-order valence-electron chi connectivity index (χ0n) is 13.2. The molecule has 25 heavy (non-hydrogen) atoms. The van der Waals surface area contributed by atoms with Gasteiger partial charge in [-0.25, -0.2) is 12.8 Å². The molecule has 1 saturated heterocycles. The average molecular weight is 383 g/mol. The summed E-state index contributed by atoms with van der Waals surface area (Å²) in [5.41, 5.74) is 0.656. The molecule has 2 aromatic carbocycles. The number of anilines is 2. The van der Waals surface area contributed by atoms with E-state index in [-0.39, 0.29) is 16.3 Å². The van der Waals surface area contributed by atoms with Crippen molar-refractivity contribution in [2.24, 2.45) is 0 Å². The van der Waals surface area contributed by atoms with Crippen LogP contribution in [0.15, 0.2) is 42.5 Å². The lowest BCUT2D eigenvalue weighted by Crippen LogP contribution is -2.38. The highest BCUT2D eigenvalue weighted by molar-refractivity contribution is 7.92. The predicted octanol–water partition coefficient (Wildman–Crippen LogP) is 3.66. The van der Waals surface area contributed by atoms with Crippen LogP contribution in [0.3, 0.4) is 0 Å². The van der Waals surface area contributed by atoms with E-state index >= 15 is 0 Å². The number of amides is 1. The van der Waals surface area contributed by atoms with Crippen LogP contribution in [-0.4, -0.2) is 26.6 Å². The molecular weight excluding hydrogens is 367 g/mol. The van der Waals surface area contributed by atoms with Crippen molar-refractivity contribution in [2.75, 3.05) is 21.9 Å². The zero-order valence-corrected chi connectivity index (χ0v) is 14.8. The van der Waals surface area contributed by atoms with Gasteiger partial charge in [0.15, 0.2) is 0 Å². The van der Waals surface area contributed by atoms with Gasteiger partial charge >= 0.3 is 0 Å². The lowest BCUT2D eigenvalue weighted by Gasteiger charge is -2.29. The number of carbonyl (C=O) groups excluding carboxylic acids is 1. The number of rotatable bonds is 3. The quantitative estimate of drug-likeness (QED) is 0.880. The third-order valence-electron chi connectivity index (χ3n) is 3.94. The summed E-state index contributed by atoms with van der Waals surface area (Å²) >= 11 is 6.22. The Morgan fingerprint density at radius 1 is 1.16 bits per heavy atom. The number of hydrogen-bond donors (Lipinski definition) is 1. The second kappa shape index (κ2) is 7.01. The van der Waals surface area contributed by atoms with Crippen molar-refractivity contribution in [1.29, 1.82) is 0 Å². The number of benzene rings is 2.